The highest BCUT2D eigenvalue weighted by atomic mass is 16.5. The first-order valence-electron chi connectivity index (χ1n) is 8.88. The number of nitrogens with zero attached hydrogens (tertiary/aromatic N) is 3. The molecule has 5 heteroatoms. The fourth-order valence-corrected chi connectivity index (χ4v) is 3.50. The third kappa shape index (κ3) is 4.59. The molecule has 0 amide bonds. The third-order valence-corrected chi connectivity index (χ3v) is 4.97. The number of piperidine rings is 1. The number of hydrogen-bond acceptors (Lipinski definition) is 5. The van der Waals surface area contributed by atoms with E-state index < -0.39 is 5.41 Å². The average Bonchev–Trinajstić information content (AvgIpc) is 2.66. The number of likely N-dealkylation sites (tertiary alicyclic amines) is 1. The van der Waals surface area contributed by atoms with Crippen LogP contribution in [0.2, 0.25) is 0 Å². The van der Waals surface area contributed by atoms with Gasteiger partial charge in [0.15, 0.2) is 0 Å². The molecule has 1 heterocycles. The number of carbonyl (C=O) groups is 1. The molecule has 132 valence electrons. The Labute approximate surface area is 149 Å². The molecular formula is C20H25N3O2. The highest BCUT2D eigenvalue weighted by Crippen LogP contribution is 2.37. The maximum absolute atomic E-state index is 12.7. The Kier molecular flexibility index (Phi) is 6.98. The van der Waals surface area contributed by atoms with Gasteiger partial charge in [0, 0.05) is 13.0 Å². The zero-order chi connectivity index (χ0) is 18.1. The molecule has 0 N–H and O–H groups in total. The van der Waals surface area contributed by atoms with E-state index in [0.717, 1.165) is 18.7 Å². The topological polar surface area (TPSA) is 77.1 Å². The summed E-state index contributed by atoms with van der Waals surface area (Å²) in [5.74, 6) is -0.284. The number of nitriles is 2. The van der Waals surface area contributed by atoms with Crippen molar-refractivity contribution in [3.8, 4) is 12.1 Å². The molecule has 1 aliphatic heterocycles. The van der Waals surface area contributed by atoms with Crippen molar-refractivity contribution in [1.82, 2.24) is 4.90 Å². The minimum Gasteiger partial charge on any atom is -0.465 e. The van der Waals surface area contributed by atoms with E-state index in [9.17, 15) is 10.1 Å². The summed E-state index contributed by atoms with van der Waals surface area (Å²) >= 11 is 0. The van der Waals surface area contributed by atoms with Crippen LogP contribution in [0.1, 0.15) is 38.2 Å². The van der Waals surface area contributed by atoms with E-state index >= 15 is 0 Å². The Morgan fingerprint density at radius 3 is 2.52 bits per heavy atom. The van der Waals surface area contributed by atoms with Gasteiger partial charge in [-0.2, -0.15) is 10.5 Å². The fraction of sp³-hybridized carbons (Fsp3) is 0.550. The molecule has 0 saturated carbocycles. The highest BCUT2D eigenvalue weighted by Gasteiger charge is 2.44. The van der Waals surface area contributed by atoms with Crippen molar-refractivity contribution in [1.29, 1.82) is 10.5 Å². The van der Waals surface area contributed by atoms with Crippen LogP contribution in [0.15, 0.2) is 30.3 Å². The van der Waals surface area contributed by atoms with Crippen LogP contribution in [-0.4, -0.2) is 37.1 Å². The van der Waals surface area contributed by atoms with Gasteiger partial charge in [-0.3, -0.25) is 4.79 Å². The quantitative estimate of drug-likeness (QED) is 0.714. The zero-order valence-electron chi connectivity index (χ0n) is 14.8. The van der Waals surface area contributed by atoms with E-state index in [4.69, 9.17) is 10.00 Å². The van der Waals surface area contributed by atoms with Crippen LogP contribution < -0.4 is 0 Å². The molecule has 0 unspecified atom stereocenters. The van der Waals surface area contributed by atoms with Crippen LogP contribution in [0.5, 0.6) is 0 Å². The molecule has 1 fully saturated rings. The molecule has 1 saturated heterocycles. The van der Waals surface area contributed by atoms with Gasteiger partial charge in [-0.05, 0) is 44.8 Å². The van der Waals surface area contributed by atoms with E-state index in [2.05, 4.69) is 17.0 Å². The molecule has 0 radical (unpaired) electrons. The molecule has 1 aromatic rings. The van der Waals surface area contributed by atoms with Crippen molar-refractivity contribution in [2.24, 2.45) is 5.92 Å². The zero-order valence-corrected chi connectivity index (χ0v) is 14.8. The second-order valence-electron chi connectivity index (χ2n) is 6.49. The predicted octanol–water partition coefficient (Wildman–Crippen LogP) is 3.03. The normalized spacial score (nSPS) is 17.9. The Morgan fingerprint density at radius 2 is 1.96 bits per heavy atom. The monoisotopic (exact) mass is 339 g/mol. The van der Waals surface area contributed by atoms with Crippen LogP contribution >= 0.6 is 0 Å². The van der Waals surface area contributed by atoms with Gasteiger partial charge in [0.2, 0.25) is 0 Å². The summed E-state index contributed by atoms with van der Waals surface area (Å²) in [7, 11) is 0. The van der Waals surface area contributed by atoms with Gasteiger partial charge in [-0.15, -0.1) is 0 Å². The summed E-state index contributed by atoms with van der Waals surface area (Å²) in [5, 5.41) is 18.0. The van der Waals surface area contributed by atoms with Gasteiger partial charge in [-0.25, -0.2) is 0 Å². The van der Waals surface area contributed by atoms with Crippen LogP contribution in [0.3, 0.4) is 0 Å². The first-order valence-corrected chi connectivity index (χ1v) is 8.88. The van der Waals surface area contributed by atoms with Crippen LogP contribution in [0, 0.1) is 28.6 Å². The van der Waals surface area contributed by atoms with Crippen molar-refractivity contribution >= 4 is 5.97 Å². The Balaban J connectivity index is 2.08. The molecule has 5 nitrogen and oxygen atoms in total. The van der Waals surface area contributed by atoms with Gasteiger partial charge in [-0.1, -0.05) is 30.3 Å². The van der Waals surface area contributed by atoms with E-state index in [1.807, 2.05) is 37.3 Å². The number of hydrogen-bond donors (Lipinski definition) is 0. The summed E-state index contributed by atoms with van der Waals surface area (Å²) in [6.45, 7) is 4.36. The van der Waals surface area contributed by atoms with E-state index in [1.165, 1.54) is 0 Å². The molecule has 2 rings (SSSR count). The number of carbonyl (C=O) groups excluding carboxylic acids is 1. The summed E-state index contributed by atoms with van der Waals surface area (Å²) in [5.41, 5.74) is 0.414. The molecular weight excluding hydrogens is 314 g/mol. The van der Waals surface area contributed by atoms with Crippen molar-refractivity contribution in [2.75, 3.05) is 26.2 Å². The SMILES string of the molecule is CCOC(=O)C1(c2ccccc2)CCN(C[C@H](C#N)CCC#N)CC1. The van der Waals surface area contributed by atoms with Crippen molar-refractivity contribution in [3.63, 3.8) is 0 Å². The standard InChI is InChI=1S/C20H25N3O2/c1-2-25-19(24)20(18-8-4-3-5-9-18)10-13-23(14-11-20)16-17(15-22)7-6-12-21/h3-5,8-9,17H,2,6-7,10-11,13-14,16H2,1H3/t17-/m0/s1. The smallest absolute Gasteiger partial charge is 0.316 e. The van der Waals surface area contributed by atoms with Crippen molar-refractivity contribution < 1.29 is 9.53 Å². The van der Waals surface area contributed by atoms with Crippen LogP contribution in [-0.2, 0) is 14.9 Å². The van der Waals surface area contributed by atoms with Crippen LogP contribution in [0.25, 0.3) is 0 Å². The Morgan fingerprint density at radius 1 is 1.28 bits per heavy atom. The van der Waals surface area contributed by atoms with Crippen molar-refractivity contribution in [3.05, 3.63) is 35.9 Å². The Bertz CT molecular complexity index is 637. The van der Waals surface area contributed by atoms with Crippen molar-refractivity contribution in [2.45, 2.75) is 38.0 Å². The highest BCUT2D eigenvalue weighted by molar-refractivity contribution is 5.83. The molecule has 1 atom stereocenters. The summed E-state index contributed by atoms with van der Waals surface area (Å²) < 4.78 is 5.38. The first kappa shape index (κ1) is 19.0. The molecule has 0 aromatic heterocycles. The van der Waals surface area contributed by atoms with Gasteiger partial charge in [0.05, 0.1) is 30.1 Å². The van der Waals surface area contributed by atoms with E-state index in [1.54, 1.807) is 0 Å². The second-order valence-corrected chi connectivity index (χ2v) is 6.49. The van der Waals surface area contributed by atoms with Gasteiger partial charge in [0.25, 0.3) is 0 Å². The molecule has 1 aliphatic rings. The van der Waals surface area contributed by atoms with Crippen LogP contribution in [0.4, 0.5) is 0 Å². The summed E-state index contributed by atoms with van der Waals surface area (Å²) in [4.78, 5) is 14.9. The minimum atomic E-state index is -0.595. The molecule has 25 heavy (non-hydrogen) atoms. The molecule has 0 aliphatic carbocycles. The number of ether oxygens (including phenoxy) is 1. The number of benzene rings is 1. The third-order valence-electron chi connectivity index (χ3n) is 4.97. The fourth-order valence-electron chi connectivity index (χ4n) is 3.50. The maximum atomic E-state index is 12.7. The lowest BCUT2D eigenvalue weighted by atomic mass is 9.72. The number of rotatable bonds is 7. The number of esters is 1. The summed E-state index contributed by atoms with van der Waals surface area (Å²) in [6.07, 6.45) is 2.38. The largest absolute Gasteiger partial charge is 0.465 e. The molecule has 0 spiro atoms. The van der Waals surface area contributed by atoms with Gasteiger partial charge < -0.3 is 9.64 Å². The van der Waals surface area contributed by atoms with Gasteiger partial charge in [0.1, 0.15) is 0 Å². The molecule has 1 aromatic carbocycles. The van der Waals surface area contributed by atoms with E-state index in [-0.39, 0.29) is 11.9 Å². The Hall–Kier alpha value is -2.37. The average molecular weight is 339 g/mol. The molecule has 0 bridgehead atoms. The second kappa shape index (κ2) is 9.20. The predicted molar refractivity (Wildman–Crippen MR) is 94.4 cm³/mol. The lowest BCUT2D eigenvalue weighted by molar-refractivity contribution is -0.152. The minimum absolute atomic E-state index is 0.133. The first-order chi connectivity index (χ1) is 12.2. The lowest BCUT2D eigenvalue weighted by Crippen LogP contribution is -2.49. The maximum Gasteiger partial charge on any atom is 0.316 e. The van der Waals surface area contributed by atoms with Gasteiger partial charge >= 0.3 is 5.97 Å². The lowest BCUT2D eigenvalue weighted by Gasteiger charge is -2.40. The summed E-state index contributed by atoms with van der Waals surface area (Å²) in [6, 6.07) is 14.3. The van der Waals surface area contributed by atoms with E-state index in [0.29, 0.717) is 38.8 Å².